The standard InChI is InChI=1S/C18H16FNO3.C17H14FNO3.CH4/c19-15-2-1-3-16(11-15)23-9-8-20-7-6-13-4-5-14(10-17(13)20)18(22)12-21;18-14-2-1-3-15(11-14)22-9-8-19-7-6-12-4-5-13(17(20)21)10-16(12)19;/h1-7,10-11,21H,8-9,12H2;1-7,10-11H,8-9H2,(H,20,21);1H4. The molecule has 238 valence electrons. The summed E-state index contributed by atoms with van der Waals surface area (Å²) in [5, 5.41) is 20.0. The molecule has 6 rings (SSSR count). The zero-order valence-electron chi connectivity index (χ0n) is 24.1. The van der Waals surface area contributed by atoms with Crippen LogP contribution in [0.1, 0.15) is 28.1 Å². The fourth-order valence-corrected chi connectivity index (χ4v) is 4.79. The summed E-state index contributed by atoms with van der Waals surface area (Å²) in [4.78, 5) is 22.6. The van der Waals surface area contributed by atoms with Gasteiger partial charge in [0.1, 0.15) is 43.0 Å². The first-order valence-corrected chi connectivity index (χ1v) is 14.1. The van der Waals surface area contributed by atoms with Crippen LogP contribution in [-0.2, 0) is 13.1 Å². The van der Waals surface area contributed by atoms with E-state index in [0.717, 1.165) is 21.8 Å². The Labute approximate surface area is 264 Å². The molecule has 6 aromatic rings. The first kappa shape index (κ1) is 33.4. The van der Waals surface area contributed by atoms with E-state index in [1.54, 1.807) is 54.6 Å². The number of aromatic nitrogens is 2. The van der Waals surface area contributed by atoms with Crippen LogP contribution in [0.2, 0.25) is 0 Å². The molecular formula is C36H34F2N2O6. The maximum absolute atomic E-state index is 13.1. The van der Waals surface area contributed by atoms with E-state index >= 15 is 0 Å². The van der Waals surface area contributed by atoms with E-state index in [0.29, 0.717) is 43.4 Å². The Morgan fingerprint density at radius 1 is 0.652 bits per heavy atom. The topological polar surface area (TPSA) is 103 Å². The number of ketones is 1. The van der Waals surface area contributed by atoms with Gasteiger partial charge in [-0.15, -0.1) is 0 Å². The van der Waals surface area contributed by atoms with E-state index in [2.05, 4.69) is 0 Å². The highest BCUT2D eigenvalue weighted by molar-refractivity contribution is 6.00. The number of halogens is 2. The van der Waals surface area contributed by atoms with E-state index in [9.17, 15) is 18.4 Å². The molecular weight excluding hydrogens is 594 g/mol. The molecule has 0 atom stereocenters. The largest absolute Gasteiger partial charge is 0.492 e. The second-order valence-corrected chi connectivity index (χ2v) is 10.1. The summed E-state index contributed by atoms with van der Waals surface area (Å²) < 4.78 is 41.1. The summed E-state index contributed by atoms with van der Waals surface area (Å²) in [5.74, 6) is -0.974. The highest BCUT2D eigenvalue weighted by Crippen LogP contribution is 2.20. The van der Waals surface area contributed by atoms with Crippen molar-refractivity contribution in [1.29, 1.82) is 0 Å². The number of benzene rings is 4. The lowest BCUT2D eigenvalue weighted by Gasteiger charge is -2.09. The van der Waals surface area contributed by atoms with E-state index in [4.69, 9.17) is 19.7 Å². The molecule has 0 saturated heterocycles. The molecule has 0 bridgehead atoms. The third kappa shape index (κ3) is 8.36. The van der Waals surface area contributed by atoms with Crippen molar-refractivity contribution in [3.05, 3.63) is 132 Å². The smallest absolute Gasteiger partial charge is 0.335 e. The van der Waals surface area contributed by atoms with Gasteiger partial charge in [0.05, 0.1) is 18.7 Å². The molecule has 8 nitrogen and oxygen atoms in total. The number of carboxylic acids is 1. The van der Waals surface area contributed by atoms with Crippen LogP contribution in [0.25, 0.3) is 21.8 Å². The Morgan fingerprint density at radius 3 is 1.59 bits per heavy atom. The minimum Gasteiger partial charge on any atom is -0.492 e. The van der Waals surface area contributed by atoms with Crippen LogP contribution in [0.4, 0.5) is 8.78 Å². The average Bonchev–Trinajstić information content (AvgIpc) is 3.64. The molecule has 0 unspecified atom stereocenters. The zero-order valence-corrected chi connectivity index (χ0v) is 24.1. The van der Waals surface area contributed by atoms with Gasteiger partial charge in [0.15, 0.2) is 5.78 Å². The van der Waals surface area contributed by atoms with Crippen molar-refractivity contribution in [2.75, 3.05) is 19.8 Å². The predicted molar refractivity (Wildman–Crippen MR) is 173 cm³/mol. The van der Waals surface area contributed by atoms with Gasteiger partial charge in [-0.3, -0.25) is 4.79 Å². The second-order valence-electron chi connectivity index (χ2n) is 10.1. The normalized spacial score (nSPS) is 10.6. The number of ether oxygens (including phenoxy) is 2. The van der Waals surface area contributed by atoms with Crippen LogP contribution >= 0.6 is 0 Å². The van der Waals surface area contributed by atoms with Gasteiger partial charge in [-0.2, -0.15) is 0 Å². The number of carbonyl (C=O) groups excluding carboxylic acids is 1. The first-order valence-electron chi connectivity index (χ1n) is 14.1. The number of Topliss-reactive ketones (excluding diaryl/α,β-unsaturated/α-hetero) is 1. The fraction of sp³-hybridized carbons (Fsp3) is 0.167. The van der Waals surface area contributed by atoms with Crippen molar-refractivity contribution in [2.24, 2.45) is 0 Å². The molecule has 0 radical (unpaired) electrons. The van der Waals surface area contributed by atoms with Crippen LogP contribution in [0, 0.1) is 11.6 Å². The number of rotatable bonds is 11. The summed E-state index contributed by atoms with van der Waals surface area (Å²) >= 11 is 0. The number of hydrogen-bond acceptors (Lipinski definition) is 5. The van der Waals surface area contributed by atoms with Crippen LogP contribution < -0.4 is 9.47 Å². The summed E-state index contributed by atoms with van der Waals surface area (Å²) in [5.41, 5.74) is 2.46. The molecule has 0 saturated carbocycles. The number of aromatic carboxylic acids is 1. The molecule has 46 heavy (non-hydrogen) atoms. The van der Waals surface area contributed by atoms with Crippen molar-refractivity contribution < 1.29 is 38.1 Å². The Balaban J connectivity index is 0.000000205. The van der Waals surface area contributed by atoms with Gasteiger partial charge in [0.25, 0.3) is 0 Å². The number of aliphatic hydroxyl groups is 1. The number of nitrogens with zero attached hydrogens (tertiary/aromatic N) is 2. The summed E-state index contributed by atoms with van der Waals surface area (Å²) in [7, 11) is 0. The van der Waals surface area contributed by atoms with E-state index < -0.39 is 12.6 Å². The number of fused-ring (bicyclic) bond motifs is 2. The Hall–Kier alpha value is -5.48. The van der Waals surface area contributed by atoms with Crippen molar-refractivity contribution in [3.8, 4) is 11.5 Å². The maximum Gasteiger partial charge on any atom is 0.335 e. The molecule has 0 fully saturated rings. The molecule has 0 spiro atoms. The lowest BCUT2D eigenvalue weighted by molar-refractivity contribution is 0.0696. The van der Waals surface area contributed by atoms with E-state index in [-0.39, 0.29) is 30.4 Å². The molecule has 0 aliphatic rings. The van der Waals surface area contributed by atoms with E-state index in [1.165, 1.54) is 24.3 Å². The molecule has 2 N–H and O–H groups in total. The SMILES string of the molecule is C.O=C(CO)c1ccc2ccn(CCOc3cccc(F)c3)c2c1.O=C(O)c1ccc2ccn(CCOc3cccc(F)c3)c2c1. The van der Waals surface area contributed by atoms with Crippen LogP contribution in [0.15, 0.2) is 109 Å². The number of carboxylic acid groups (broad SMARTS) is 1. The zero-order chi connectivity index (χ0) is 31.8. The Bertz CT molecular complexity index is 1950. The molecule has 4 aromatic carbocycles. The highest BCUT2D eigenvalue weighted by Gasteiger charge is 2.09. The monoisotopic (exact) mass is 628 g/mol. The molecule has 2 heterocycles. The van der Waals surface area contributed by atoms with Gasteiger partial charge >= 0.3 is 5.97 Å². The van der Waals surface area contributed by atoms with Gasteiger partial charge in [-0.25, -0.2) is 13.6 Å². The Kier molecular flexibility index (Phi) is 11.3. The summed E-state index contributed by atoms with van der Waals surface area (Å²) in [6, 6.07) is 26.2. The van der Waals surface area contributed by atoms with E-state index in [1.807, 2.05) is 39.7 Å². The van der Waals surface area contributed by atoms with Crippen LogP contribution in [0.5, 0.6) is 11.5 Å². The average molecular weight is 629 g/mol. The highest BCUT2D eigenvalue weighted by atomic mass is 19.1. The van der Waals surface area contributed by atoms with Crippen LogP contribution in [0.3, 0.4) is 0 Å². The maximum atomic E-state index is 13.1. The van der Waals surface area contributed by atoms with Crippen molar-refractivity contribution in [3.63, 3.8) is 0 Å². The van der Waals surface area contributed by atoms with Crippen LogP contribution in [-0.4, -0.2) is 50.9 Å². The molecule has 0 amide bonds. The lowest BCUT2D eigenvalue weighted by atomic mass is 10.1. The van der Waals surface area contributed by atoms with Gasteiger partial charge in [-0.05, 0) is 65.4 Å². The number of carbonyl (C=O) groups is 2. The number of hydrogen-bond donors (Lipinski definition) is 2. The van der Waals surface area contributed by atoms with Crippen molar-refractivity contribution >= 4 is 33.6 Å². The first-order chi connectivity index (χ1) is 21.8. The van der Waals surface area contributed by atoms with Gasteiger partial charge < -0.3 is 28.8 Å². The van der Waals surface area contributed by atoms with Gasteiger partial charge in [0, 0.05) is 41.1 Å². The van der Waals surface area contributed by atoms with Gasteiger partial charge in [-0.1, -0.05) is 37.8 Å². The fourth-order valence-electron chi connectivity index (χ4n) is 4.79. The third-order valence-corrected chi connectivity index (χ3v) is 7.05. The molecule has 0 aliphatic carbocycles. The second kappa shape index (κ2) is 15.5. The predicted octanol–water partition coefficient (Wildman–Crippen LogP) is 7.23. The minimum absolute atomic E-state index is 0. The molecule has 0 aliphatic heterocycles. The quantitative estimate of drug-likeness (QED) is 0.147. The molecule has 2 aromatic heterocycles. The minimum atomic E-state index is -0.953. The Morgan fingerprint density at radius 2 is 1.13 bits per heavy atom. The van der Waals surface area contributed by atoms with Gasteiger partial charge in [0.2, 0.25) is 0 Å². The summed E-state index contributed by atoms with van der Waals surface area (Å²) in [6.45, 7) is 1.35. The van der Waals surface area contributed by atoms with Crippen molar-refractivity contribution in [2.45, 2.75) is 20.5 Å². The number of aliphatic hydroxyl groups excluding tert-OH is 1. The molecule has 10 heteroatoms. The lowest BCUT2D eigenvalue weighted by Crippen LogP contribution is -2.08. The third-order valence-electron chi connectivity index (χ3n) is 7.05. The summed E-state index contributed by atoms with van der Waals surface area (Å²) in [6.07, 6.45) is 3.79. The van der Waals surface area contributed by atoms with Crippen molar-refractivity contribution in [1.82, 2.24) is 9.13 Å².